The molecular weight excluding hydrogens is 325 g/mol. The first-order valence-electron chi connectivity index (χ1n) is 6.24. The molecule has 4 heteroatoms. The predicted octanol–water partition coefficient (Wildman–Crippen LogP) is 5.37. The zero-order chi connectivity index (χ0) is 14.0. The van der Waals surface area contributed by atoms with Crippen LogP contribution in [-0.2, 0) is 0 Å². The number of hydrogen-bond acceptors (Lipinski definition) is 2. The Morgan fingerprint density at radius 3 is 2.47 bits per heavy atom. The first kappa shape index (κ1) is 14.7. The molecular formula is C15H17BrFNS. The lowest BCUT2D eigenvalue weighted by Gasteiger charge is -2.20. The largest absolute Gasteiger partial charge is 0.303 e. The van der Waals surface area contributed by atoms with Crippen LogP contribution in [0.25, 0.3) is 0 Å². The van der Waals surface area contributed by atoms with E-state index in [9.17, 15) is 4.39 Å². The zero-order valence-corrected chi connectivity index (χ0v) is 13.6. The van der Waals surface area contributed by atoms with Gasteiger partial charge in [0.2, 0.25) is 0 Å². The Morgan fingerprint density at radius 1 is 1.16 bits per heavy atom. The van der Waals surface area contributed by atoms with Crippen molar-refractivity contribution in [2.45, 2.75) is 32.9 Å². The molecule has 0 spiro atoms. The van der Waals surface area contributed by atoms with E-state index in [0.29, 0.717) is 5.56 Å². The molecule has 1 aromatic heterocycles. The molecule has 0 bridgehead atoms. The van der Waals surface area contributed by atoms with E-state index >= 15 is 0 Å². The lowest BCUT2D eigenvalue weighted by atomic mass is 10.1. The van der Waals surface area contributed by atoms with Crippen LogP contribution in [0, 0.1) is 12.7 Å². The Balaban J connectivity index is 2.07. The van der Waals surface area contributed by atoms with Crippen LogP contribution >= 0.6 is 27.3 Å². The smallest absolute Gasteiger partial charge is 0.126 e. The van der Waals surface area contributed by atoms with Crippen molar-refractivity contribution in [1.29, 1.82) is 0 Å². The number of benzene rings is 1. The van der Waals surface area contributed by atoms with Gasteiger partial charge in [0, 0.05) is 17.0 Å². The number of thiophene rings is 1. The molecule has 2 aromatic rings. The second-order valence-electron chi connectivity index (χ2n) is 4.76. The summed E-state index contributed by atoms with van der Waals surface area (Å²) in [5.41, 5.74) is 1.66. The average molecular weight is 342 g/mol. The summed E-state index contributed by atoms with van der Waals surface area (Å²) >= 11 is 5.19. The standard InChI is InChI=1S/C15H17BrFNS/c1-9-4-5-12(8-13(9)17)10(2)18-11(3)14-6-7-15(16)19-14/h4-8,10-11,18H,1-3H3. The summed E-state index contributed by atoms with van der Waals surface area (Å²) in [7, 11) is 0. The van der Waals surface area contributed by atoms with Gasteiger partial charge in [-0.3, -0.25) is 0 Å². The predicted molar refractivity (Wildman–Crippen MR) is 83.1 cm³/mol. The highest BCUT2D eigenvalue weighted by Crippen LogP contribution is 2.29. The van der Waals surface area contributed by atoms with Crippen LogP contribution in [0.15, 0.2) is 34.1 Å². The van der Waals surface area contributed by atoms with Crippen molar-refractivity contribution in [2.75, 3.05) is 0 Å². The highest BCUT2D eigenvalue weighted by atomic mass is 79.9. The fourth-order valence-electron chi connectivity index (χ4n) is 1.99. The Kier molecular flexibility index (Phi) is 4.76. The number of nitrogens with one attached hydrogen (secondary N) is 1. The number of halogens is 2. The summed E-state index contributed by atoms with van der Waals surface area (Å²) in [4.78, 5) is 1.27. The van der Waals surface area contributed by atoms with E-state index in [0.717, 1.165) is 9.35 Å². The van der Waals surface area contributed by atoms with Crippen LogP contribution in [0.1, 0.15) is 41.9 Å². The molecule has 1 heterocycles. The third-order valence-electron chi connectivity index (χ3n) is 3.22. The SMILES string of the molecule is Cc1ccc(C(C)NC(C)c2ccc(Br)s2)cc1F. The van der Waals surface area contributed by atoms with E-state index in [2.05, 4.69) is 41.2 Å². The molecule has 2 atom stereocenters. The van der Waals surface area contributed by atoms with Gasteiger partial charge in [-0.05, 0) is 66.0 Å². The molecule has 1 aromatic carbocycles. The van der Waals surface area contributed by atoms with Gasteiger partial charge in [0.15, 0.2) is 0 Å². The van der Waals surface area contributed by atoms with Crippen LogP contribution in [0.4, 0.5) is 4.39 Å². The van der Waals surface area contributed by atoms with Gasteiger partial charge in [-0.2, -0.15) is 0 Å². The molecule has 0 aliphatic carbocycles. The van der Waals surface area contributed by atoms with Gasteiger partial charge in [-0.1, -0.05) is 12.1 Å². The van der Waals surface area contributed by atoms with E-state index in [1.807, 2.05) is 18.2 Å². The van der Waals surface area contributed by atoms with E-state index in [-0.39, 0.29) is 17.9 Å². The Hall–Kier alpha value is -0.710. The molecule has 0 saturated heterocycles. The van der Waals surface area contributed by atoms with Crippen LogP contribution < -0.4 is 5.32 Å². The minimum atomic E-state index is -0.141. The maximum Gasteiger partial charge on any atom is 0.126 e. The fraction of sp³-hybridized carbons (Fsp3) is 0.333. The number of hydrogen-bond donors (Lipinski definition) is 1. The summed E-state index contributed by atoms with van der Waals surface area (Å²) in [5, 5.41) is 3.50. The summed E-state index contributed by atoms with van der Waals surface area (Å²) in [6.07, 6.45) is 0. The molecule has 1 N–H and O–H groups in total. The third-order valence-corrected chi connectivity index (χ3v) is 5.02. The Labute approximate surface area is 126 Å². The summed E-state index contributed by atoms with van der Waals surface area (Å²) in [5.74, 6) is -0.141. The van der Waals surface area contributed by atoms with Gasteiger partial charge in [0.25, 0.3) is 0 Å². The molecule has 0 aliphatic heterocycles. The lowest BCUT2D eigenvalue weighted by Crippen LogP contribution is -2.21. The molecule has 0 radical (unpaired) electrons. The van der Waals surface area contributed by atoms with Crippen LogP contribution in [0.3, 0.4) is 0 Å². The normalized spacial score (nSPS) is 14.4. The van der Waals surface area contributed by atoms with Crippen molar-refractivity contribution in [3.63, 3.8) is 0 Å². The van der Waals surface area contributed by atoms with Gasteiger partial charge in [0.1, 0.15) is 5.82 Å². The van der Waals surface area contributed by atoms with Crippen molar-refractivity contribution in [2.24, 2.45) is 0 Å². The molecule has 0 saturated carbocycles. The Bertz CT molecular complexity index is 567. The van der Waals surface area contributed by atoms with Crippen LogP contribution in [-0.4, -0.2) is 0 Å². The van der Waals surface area contributed by atoms with Crippen molar-refractivity contribution >= 4 is 27.3 Å². The van der Waals surface area contributed by atoms with Gasteiger partial charge in [-0.15, -0.1) is 11.3 Å². The first-order valence-corrected chi connectivity index (χ1v) is 7.85. The maximum absolute atomic E-state index is 13.6. The molecule has 0 amide bonds. The number of rotatable bonds is 4. The van der Waals surface area contributed by atoms with E-state index in [1.165, 1.54) is 4.88 Å². The highest BCUT2D eigenvalue weighted by Gasteiger charge is 2.13. The third kappa shape index (κ3) is 3.65. The topological polar surface area (TPSA) is 12.0 Å². The van der Waals surface area contributed by atoms with E-state index in [4.69, 9.17) is 0 Å². The molecule has 0 aliphatic rings. The van der Waals surface area contributed by atoms with Crippen molar-refractivity contribution < 1.29 is 4.39 Å². The molecule has 1 nitrogen and oxygen atoms in total. The summed E-state index contributed by atoms with van der Waals surface area (Å²) < 4.78 is 14.7. The minimum Gasteiger partial charge on any atom is -0.303 e. The highest BCUT2D eigenvalue weighted by molar-refractivity contribution is 9.11. The van der Waals surface area contributed by atoms with E-state index in [1.54, 1.807) is 24.3 Å². The molecule has 2 rings (SSSR count). The molecule has 19 heavy (non-hydrogen) atoms. The minimum absolute atomic E-state index is 0.117. The summed E-state index contributed by atoms with van der Waals surface area (Å²) in [6, 6.07) is 9.94. The second kappa shape index (κ2) is 6.16. The zero-order valence-electron chi connectivity index (χ0n) is 11.2. The van der Waals surface area contributed by atoms with Gasteiger partial charge >= 0.3 is 0 Å². The second-order valence-corrected chi connectivity index (χ2v) is 7.26. The van der Waals surface area contributed by atoms with Crippen molar-refractivity contribution in [3.05, 3.63) is 55.9 Å². The first-order chi connectivity index (χ1) is 8.97. The molecule has 102 valence electrons. The van der Waals surface area contributed by atoms with Crippen LogP contribution in [0.2, 0.25) is 0 Å². The van der Waals surface area contributed by atoms with E-state index < -0.39 is 0 Å². The lowest BCUT2D eigenvalue weighted by molar-refractivity contribution is 0.496. The fourth-order valence-corrected chi connectivity index (χ4v) is 3.43. The van der Waals surface area contributed by atoms with Gasteiger partial charge < -0.3 is 5.32 Å². The van der Waals surface area contributed by atoms with Gasteiger partial charge in [-0.25, -0.2) is 4.39 Å². The Morgan fingerprint density at radius 2 is 1.89 bits per heavy atom. The molecule has 2 unspecified atom stereocenters. The monoisotopic (exact) mass is 341 g/mol. The van der Waals surface area contributed by atoms with Crippen LogP contribution in [0.5, 0.6) is 0 Å². The van der Waals surface area contributed by atoms with Crippen molar-refractivity contribution in [1.82, 2.24) is 5.32 Å². The molecule has 0 fully saturated rings. The number of aryl methyl sites for hydroxylation is 1. The average Bonchev–Trinajstić information content (AvgIpc) is 2.79. The van der Waals surface area contributed by atoms with Crippen molar-refractivity contribution in [3.8, 4) is 0 Å². The van der Waals surface area contributed by atoms with Gasteiger partial charge in [0.05, 0.1) is 3.79 Å². The maximum atomic E-state index is 13.6. The summed E-state index contributed by atoms with van der Waals surface area (Å²) in [6.45, 7) is 5.96. The quantitative estimate of drug-likeness (QED) is 0.788.